The fourth-order valence-corrected chi connectivity index (χ4v) is 2.16. The first-order valence-electron chi connectivity index (χ1n) is 7.33. The summed E-state index contributed by atoms with van der Waals surface area (Å²) in [5, 5.41) is 6.41. The molecule has 0 bridgehead atoms. The molecule has 146 valence electrons. The summed E-state index contributed by atoms with van der Waals surface area (Å²) in [5.41, 5.74) is -2.74. The van der Waals surface area contributed by atoms with Gasteiger partial charge in [-0.2, -0.15) is 31.3 Å². The third kappa shape index (κ3) is 4.47. The maximum Gasteiger partial charge on any atom is 0.440 e. The zero-order chi connectivity index (χ0) is 20.5. The van der Waals surface area contributed by atoms with Crippen LogP contribution in [0.15, 0.2) is 42.6 Å². The average molecular weight is 421 g/mol. The van der Waals surface area contributed by atoms with Gasteiger partial charge in [-0.15, -0.1) is 10.2 Å². The van der Waals surface area contributed by atoms with Crippen LogP contribution >= 0.6 is 11.6 Å². The molecule has 0 aliphatic heterocycles. The molecule has 0 radical (unpaired) electrons. The van der Waals surface area contributed by atoms with E-state index >= 15 is 0 Å². The van der Waals surface area contributed by atoms with E-state index in [0.717, 1.165) is 18.3 Å². The van der Waals surface area contributed by atoms with Crippen LogP contribution in [0.2, 0.25) is 5.15 Å². The predicted octanol–water partition coefficient (Wildman–Crippen LogP) is 5.42. The molecular weight excluding hydrogens is 414 g/mol. The fraction of sp³-hybridized carbons (Fsp3) is 0.125. The van der Waals surface area contributed by atoms with Gasteiger partial charge in [-0.3, -0.25) is 0 Å². The van der Waals surface area contributed by atoms with Crippen molar-refractivity contribution in [2.45, 2.75) is 12.4 Å². The van der Waals surface area contributed by atoms with Gasteiger partial charge in [-0.25, -0.2) is 4.98 Å². The Morgan fingerprint density at radius 3 is 2.25 bits per heavy atom. The molecule has 0 spiro atoms. The zero-order valence-electron chi connectivity index (χ0n) is 13.4. The second-order valence-corrected chi connectivity index (χ2v) is 5.67. The molecule has 2 aromatic heterocycles. The summed E-state index contributed by atoms with van der Waals surface area (Å²) >= 11 is 5.60. The van der Waals surface area contributed by atoms with Gasteiger partial charge in [0.05, 0.1) is 11.8 Å². The number of hydrogen-bond acceptors (Lipinski definition) is 5. The Hall–Kier alpha value is -2.95. The zero-order valence-corrected chi connectivity index (χ0v) is 14.1. The van der Waals surface area contributed by atoms with E-state index in [1.54, 1.807) is 0 Å². The average Bonchev–Trinajstić information content (AvgIpc) is 2.62. The van der Waals surface area contributed by atoms with E-state index in [-0.39, 0.29) is 16.5 Å². The molecule has 0 unspecified atom stereocenters. The summed E-state index contributed by atoms with van der Waals surface area (Å²) in [5.74, 6) is -1.60. The van der Waals surface area contributed by atoms with Crippen LogP contribution in [0.3, 0.4) is 0 Å². The first kappa shape index (κ1) is 19.8. The number of benzene rings is 1. The molecule has 3 rings (SSSR count). The van der Waals surface area contributed by atoms with E-state index in [2.05, 4.69) is 20.2 Å². The lowest BCUT2D eigenvalue weighted by Gasteiger charge is -2.12. The highest BCUT2D eigenvalue weighted by Crippen LogP contribution is 2.36. The quantitative estimate of drug-likeness (QED) is 0.418. The van der Waals surface area contributed by atoms with E-state index in [4.69, 9.17) is 16.3 Å². The molecule has 5 nitrogen and oxygen atoms in total. The minimum Gasteiger partial charge on any atom is -0.435 e. The number of halogens is 7. The van der Waals surface area contributed by atoms with Crippen molar-refractivity contribution in [3.8, 4) is 23.0 Å². The molecule has 0 aliphatic rings. The lowest BCUT2D eigenvalue weighted by atomic mass is 10.1. The Morgan fingerprint density at radius 1 is 0.893 bits per heavy atom. The molecular formula is C16H7ClF6N4O. The van der Waals surface area contributed by atoms with Crippen molar-refractivity contribution < 1.29 is 31.1 Å². The van der Waals surface area contributed by atoms with Gasteiger partial charge in [-0.05, 0) is 24.3 Å². The molecule has 0 fully saturated rings. The van der Waals surface area contributed by atoms with E-state index in [1.165, 1.54) is 18.2 Å². The van der Waals surface area contributed by atoms with Crippen LogP contribution < -0.4 is 4.74 Å². The van der Waals surface area contributed by atoms with Gasteiger partial charge in [-0.1, -0.05) is 23.7 Å². The molecule has 0 N–H and O–H groups in total. The maximum absolute atomic E-state index is 13.2. The maximum atomic E-state index is 13.2. The van der Waals surface area contributed by atoms with Crippen molar-refractivity contribution in [1.82, 2.24) is 20.2 Å². The molecule has 0 aliphatic carbocycles. The van der Waals surface area contributed by atoms with Gasteiger partial charge in [0.1, 0.15) is 10.9 Å². The van der Waals surface area contributed by atoms with E-state index in [0.29, 0.717) is 6.07 Å². The summed E-state index contributed by atoms with van der Waals surface area (Å²) in [6, 6.07) is 6.28. The van der Waals surface area contributed by atoms with Crippen molar-refractivity contribution in [3.63, 3.8) is 0 Å². The highest BCUT2D eigenvalue weighted by atomic mass is 35.5. The Morgan fingerprint density at radius 2 is 1.64 bits per heavy atom. The van der Waals surface area contributed by atoms with Crippen molar-refractivity contribution in [3.05, 3.63) is 59.0 Å². The topological polar surface area (TPSA) is 60.8 Å². The van der Waals surface area contributed by atoms with Gasteiger partial charge in [0.2, 0.25) is 5.69 Å². The van der Waals surface area contributed by atoms with Crippen LogP contribution in [0.4, 0.5) is 26.3 Å². The lowest BCUT2D eigenvalue weighted by molar-refractivity contribution is -0.143. The van der Waals surface area contributed by atoms with Crippen LogP contribution in [0.1, 0.15) is 11.3 Å². The molecule has 1 aromatic carbocycles. The van der Waals surface area contributed by atoms with Crippen LogP contribution in [0, 0.1) is 0 Å². The number of ether oxygens (including phenoxy) is 1. The standard InChI is InChI=1S/C16H7ClF6N4O/c17-11-5-4-10(7-24-11)28-14-12(16(21,22)23)26-27-13(25-14)8-2-1-3-9(6-8)15(18,19)20/h1-7H. The predicted molar refractivity (Wildman–Crippen MR) is 84.6 cm³/mol. The molecule has 0 atom stereocenters. The molecule has 0 amide bonds. The minimum absolute atomic E-state index is 0.0777. The normalized spacial score (nSPS) is 12.1. The van der Waals surface area contributed by atoms with Gasteiger partial charge in [0.25, 0.3) is 5.88 Å². The van der Waals surface area contributed by atoms with Crippen LogP contribution in [-0.4, -0.2) is 20.2 Å². The highest BCUT2D eigenvalue weighted by molar-refractivity contribution is 6.29. The SMILES string of the molecule is FC(F)(F)c1cccc(-c2nnc(C(F)(F)F)c(Oc3ccc(Cl)nc3)n2)c1. The molecule has 12 heteroatoms. The van der Waals surface area contributed by atoms with Crippen molar-refractivity contribution in [2.24, 2.45) is 0 Å². The number of rotatable bonds is 3. The van der Waals surface area contributed by atoms with Gasteiger partial charge < -0.3 is 4.74 Å². The fourth-order valence-electron chi connectivity index (χ4n) is 2.05. The van der Waals surface area contributed by atoms with E-state index in [1.807, 2.05) is 0 Å². The highest BCUT2D eigenvalue weighted by Gasteiger charge is 2.39. The Balaban J connectivity index is 2.06. The minimum atomic E-state index is -4.96. The summed E-state index contributed by atoms with van der Waals surface area (Å²) in [6.45, 7) is 0. The van der Waals surface area contributed by atoms with E-state index in [9.17, 15) is 26.3 Å². The largest absolute Gasteiger partial charge is 0.440 e. The monoisotopic (exact) mass is 420 g/mol. The Labute approximate surface area is 158 Å². The van der Waals surface area contributed by atoms with Crippen LogP contribution in [0.5, 0.6) is 11.6 Å². The second kappa shape index (κ2) is 7.23. The number of aromatic nitrogens is 4. The summed E-state index contributed by atoms with van der Waals surface area (Å²) in [7, 11) is 0. The summed E-state index contributed by atoms with van der Waals surface area (Å²) < 4.78 is 83.1. The smallest absolute Gasteiger partial charge is 0.435 e. The lowest BCUT2D eigenvalue weighted by Crippen LogP contribution is -2.13. The van der Waals surface area contributed by atoms with Gasteiger partial charge in [0.15, 0.2) is 5.82 Å². The number of nitrogens with zero attached hydrogens (tertiary/aromatic N) is 4. The second-order valence-electron chi connectivity index (χ2n) is 5.28. The summed E-state index contributed by atoms with van der Waals surface area (Å²) in [4.78, 5) is 7.26. The molecule has 28 heavy (non-hydrogen) atoms. The van der Waals surface area contributed by atoms with Crippen molar-refractivity contribution in [1.29, 1.82) is 0 Å². The first-order chi connectivity index (χ1) is 13.0. The van der Waals surface area contributed by atoms with Crippen LogP contribution in [-0.2, 0) is 12.4 Å². The Kier molecular flexibility index (Phi) is 5.11. The molecule has 2 heterocycles. The molecule has 3 aromatic rings. The van der Waals surface area contributed by atoms with Crippen molar-refractivity contribution >= 4 is 11.6 Å². The third-order valence-electron chi connectivity index (χ3n) is 3.29. The van der Waals surface area contributed by atoms with Crippen LogP contribution in [0.25, 0.3) is 11.4 Å². The summed E-state index contributed by atoms with van der Waals surface area (Å²) in [6.07, 6.45) is -8.56. The van der Waals surface area contributed by atoms with Crippen molar-refractivity contribution in [2.75, 3.05) is 0 Å². The number of hydrogen-bond donors (Lipinski definition) is 0. The van der Waals surface area contributed by atoms with Gasteiger partial charge in [0, 0.05) is 5.56 Å². The first-order valence-corrected chi connectivity index (χ1v) is 7.71. The molecule has 0 saturated carbocycles. The number of alkyl halides is 6. The van der Waals surface area contributed by atoms with E-state index < -0.39 is 35.3 Å². The third-order valence-corrected chi connectivity index (χ3v) is 3.51. The Bertz CT molecular complexity index is 992. The van der Waals surface area contributed by atoms with Gasteiger partial charge >= 0.3 is 12.4 Å². The number of pyridine rings is 1. The molecule has 0 saturated heterocycles.